The topological polar surface area (TPSA) is 30.3 Å². The van der Waals surface area contributed by atoms with Gasteiger partial charge in [-0.15, -0.1) is 11.3 Å². The number of nitrogens with zero attached hydrogens (tertiary/aromatic N) is 3. The summed E-state index contributed by atoms with van der Waals surface area (Å²) in [4.78, 5) is 5.32. The van der Waals surface area contributed by atoms with Crippen molar-refractivity contribution in [1.82, 2.24) is 14.7 Å². The highest BCUT2D eigenvalue weighted by Crippen LogP contribution is 2.29. The van der Waals surface area contributed by atoms with Crippen LogP contribution >= 0.6 is 11.3 Å². The minimum atomic E-state index is 0.414. The second-order valence-electron chi connectivity index (χ2n) is 5.51. The highest BCUT2D eigenvalue weighted by molar-refractivity contribution is 7.11. The van der Waals surface area contributed by atoms with E-state index in [1.807, 2.05) is 29.3 Å². The fourth-order valence-corrected chi connectivity index (χ4v) is 4.02. The van der Waals surface area contributed by atoms with Crippen LogP contribution in [0.25, 0.3) is 0 Å². The molecule has 3 heterocycles. The Bertz CT molecular complexity index is 590. The summed E-state index contributed by atoms with van der Waals surface area (Å²) in [6.07, 6.45) is 2.00. The fraction of sp³-hybridized carbons (Fsp3) is 0.533. The van der Waals surface area contributed by atoms with Gasteiger partial charge in [0, 0.05) is 60.7 Å². The van der Waals surface area contributed by atoms with Gasteiger partial charge in [-0.25, -0.2) is 0 Å². The number of methoxy groups -OCH3 is 1. The molecule has 1 aliphatic rings. The normalized spacial score (nSPS) is 19.2. The van der Waals surface area contributed by atoms with Crippen molar-refractivity contribution in [3.8, 4) is 0 Å². The summed E-state index contributed by atoms with van der Waals surface area (Å²) in [5, 5.41) is 4.41. The number of rotatable bonds is 4. The zero-order chi connectivity index (χ0) is 14.1. The van der Waals surface area contributed by atoms with Crippen LogP contribution < -0.4 is 0 Å². The summed E-state index contributed by atoms with van der Waals surface area (Å²) >= 11 is 1.89. The lowest BCUT2D eigenvalue weighted by Crippen LogP contribution is -2.35. The molecule has 0 amide bonds. The van der Waals surface area contributed by atoms with Crippen LogP contribution in [0.5, 0.6) is 0 Å². The van der Waals surface area contributed by atoms with E-state index in [1.165, 1.54) is 21.0 Å². The van der Waals surface area contributed by atoms with Crippen molar-refractivity contribution in [3.05, 3.63) is 39.3 Å². The molecule has 0 fully saturated rings. The van der Waals surface area contributed by atoms with E-state index in [0.29, 0.717) is 5.92 Å². The third kappa shape index (κ3) is 2.66. The Morgan fingerprint density at radius 2 is 2.30 bits per heavy atom. The van der Waals surface area contributed by atoms with E-state index in [1.54, 1.807) is 7.11 Å². The molecule has 0 saturated carbocycles. The molecule has 108 valence electrons. The van der Waals surface area contributed by atoms with Gasteiger partial charge in [-0.05, 0) is 19.1 Å². The summed E-state index contributed by atoms with van der Waals surface area (Å²) in [6, 6.07) is 4.44. The molecule has 1 aliphatic heterocycles. The van der Waals surface area contributed by atoms with Crippen LogP contribution in [0.1, 0.15) is 26.9 Å². The summed E-state index contributed by atoms with van der Waals surface area (Å²) in [7, 11) is 3.80. The van der Waals surface area contributed by atoms with E-state index in [2.05, 4.69) is 29.1 Å². The van der Waals surface area contributed by atoms with Crippen molar-refractivity contribution >= 4 is 11.3 Å². The minimum absolute atomic E-state index is 0.414. The first kappa shape index (κ1) is 13.8. The van der Waals surface area contributed by atoms with Crippen molar-refractivity contribution < 1.29 is 4.74 Å². The average molecular weight is 291 g/mol. The molecular formula is C15H21N3OS. The average Bonchev–Trinajstić information content (AvgIpc) is 2.97. The highest BCUT2D eigenvalue weighted by Gasteiger charge is 2.28. The molecule has 4 nitrogen and oxygen atoms in total. The second-order valence-corrected chi connectivity index (χ2v) is 6.89. The Morgan fingerprint density at radius 3 is 3.00 bits per heavy atom. The van der Waals surface area contributed by atoms with Crippen molar-refractivity contribution in [2.45, 2.75) is 25.9 Å². The standard InChI is InChI=1S/C15H21N3OS/c1-11-4-5-14(20-11)9-18-7-12-6-16-17(2)15(12)13(8-18)10-19-3/h4-6,13H,7-10H2,1-3H3. The van der Waals surface area contributed by atoms with Crippen molar-refractivity contribution in [2.75, 3.05) is 20.3 Å². The Hall–Kier alpha value is -1.17. The fourth-order valence-electron chi connectivity index (χ4n) is 3.09. The number of aryl methyl sites for hydroxylation is 2. The zero-order valence-corrected chi connectivity index (χ0v) is 13.1. The maximum absolute atomic E-state index is 5.40. The largest absolute Gasteiger partial charge is 0.384 e. The highest BCUT2D eigenvalue weighted by atomic mass is 32.1. The lowest BCUT2D eigenvalue weighted by Gasteiger charge is -2.32. The molecular weight excluding hydrogens is 270 g/mol. The van der Waals surface area contributed by atoms with E-state index < -0.39 is 0 Å². The summed E-state index contributed by atoms with van der Waals surface area (Å²) in [6.45, 7) is 5.97. The van der Waals surface area contributed by atoms with Gasteiger partial charge in [-0.3, -0.25) is 9.58 Å². The Morgan fingerprint density at radius 1 is 1.45 bits per heavy atom. The smallest absolute Gasteiger partial charge is 0.0558 e. The van der Waals surface area contributed by atoms with Gasteiger partial charge in [0.25, 0.3) is 0 Å². The minimum Gasteiger partial charge on any atom is -0.384 e. The van der Waals surface area contributed by atoms with Gasteiger partial charge in [0.05, 0.1) is 12.8 Å². The first-order chi connectivity index (χ1) is 9.67. The molecule has 0 bridgehead atoms. The lowest BCUT2D eigenvalue weighted by molar-refractivity contribution is 0.133. The summed E-state index contributed by atoms with van der Waals surface area (Å²) < 4.78 is 7.41. The molecule has 0 spiro atoms. The summed E-state index contributed by atoms with van der Waals surface area (Å²) in [5.41, 5.74) is 2.68. The number of hydrogen-bond acceptors (Lipinski definition) is 4. The lowest BCUT2D eigenvalue weighted by atomic mass is 9.97. The van der Waals surface area contributed by atoms with E-state index in [0.717, 1.165) is 26.2 Å². The van der Waals surface area contributed by atoms with Crippen LogP contribution in [0, 0.1) is 6.92 Å². The maximum Gasteiger partial charge on any atom is 0.0558 e. The third-order valence-corrected chi connectivity index (χ3v) is 4.85. The zero-order valence-electron chi connectivity index (χ0n) is 12.3. The number of thiophene rings is 1. The molecule has 3 rings (SSSR count). The molecule has 0 radical (unpaired) electrons. The molecule has 0 N–H and O–H groups in total. The van der Waals surface area contributed by atoms with Crippen LogP contribution in [0.3, 0.4) is 0 Å². The van der Waals surface area contributed by atoms with Crippen molar-refractivity contribution in [3.63, 3.8) is 0 Å². The Kier molecular flexibility index (Phi) is 3.92. The molecule has 1 atom stereocenters. The third-order valence-electron chi connectivity index (χ3n) is 3.87. The van der Waals surface area contributed by atoms with Gasteiger partial charge in [0.2, 0.25) is 0 Å². The number of aromatic nitrogens is 2. The van der Waals surface area contributed by atoms with Crippen LogP contribution in [-0.4, -0.2) is 34.9 Å². The van der Waals surface area contributed by atoms with Gasteiger partial charge in [0.15, 0.2) is 0 Å². The van der Waals surface area contributed by atoms with Crippen LogP contribution in [0.15, 0.2) is 18.3 Å². The molecule has 20 heavy (non-hydrogen) atoms. The maximum atomic E-state index is 5.40. The quantitative estimate of drug-likeness (QED) is 0.867. The van der Waals surface area contributed by atoms with Gasteiger partial charge in [-0.2, -0.15) is 5.10 Å². The van der Waals surface area contributed by atoms with Crippen LogP contribution in [0.2, 0.25) is 0 Å². The molecule has 0 aliphatic carbocycles. The van der Waals surface area contributed by atoms with Crippen LogP contribution in [-0.2, 0) is 24.9 Å². The van der Waals surface area contributed by atoms with Gasteiger partial charge in [0.1, 0.15) is 0 Å². The van der Waals surface area contributed by atoms with Crippen molar-refractivity contribution in [2.24, 2.45) is 7.05 Å². The SMILES string of the molecule is COCC1CN(Cc2ccc(C)s2)Cc2cnn(C)c21. The molecule has 5 heteroatoms. The summed E-state index contributed by atoms with van der Waals surface area (Å²) in [5.74, 6) is 0.414. The molecule has 2 aromatic heterocycles. The van der Waals surface area contributed by atoms with E-state index >= 15 is 0 Å². The second kappa shape index (κ2) is 5.68. The molecule has 1 unspecified atom stereocenters. The predicted molar refractivity (Wildman–Crippen MR) is 81.0 cm³/mol. The number of hydrogen-bond donors (Lipinski definition) is 0. The van der Waals surface area contributed by atoms with Gasteiger partial charge >= 0.3 is 0 Å². The van der Waals surface area contributed by atoms with E-state index in [-0.39, 0.29) is 0 Å². The van der Waals surface area contributed by atoms with Gasteiger partial charge < -0.3 is 4.74 Å². The number of fused-ring (bicyclic) bond motifs is 1. The Balaban J connectivity index is 1.79. The predicted octanol–water partition coefficient (Wildman–Crippen LogP) is 2.54. The van der Waals surface area contributed by atoms with E-state index in [9.17, 15) is 0 Å². The molecule has 0 saturated heterocycles. The van der Waals surface area contributed by atoms with Crippen LogP contribution in [0.4, 0.5) is 0 Å². The first-order valence-electron chi connectivity index (χ1n) is 6.94. The molecule has 2 aromatic rings. The first-order valence-corrected chi connectivity index (χ1v) is 7.76. The van der Waals surface area contributed by atoms with Crippen molar-refractivity contribution in [1.29, 1.82) is 0 Å². The monoisotopic (exact) mass is 291 g/mol. The Labute approximate surface area is 124 Å². The van der Waals surface area contributed by atoms with E-state index in [4.69, 9.17) is 4.74 Å². The van der Waals surface area contributed by atoms with Gasteiger partial charge in [-0.1, -0.05) is 0 Å². The molecule has 0 aromatic carbocycles. The number of ether oxygens (including phenoxy) is 1.